The number of carbonyl (C=O) groups excluding carboxylic acids is 2. The fraction of sp³-hybridized carbons (Fsp3) is 0.304. The second-order valence-corrected chi connectivity index (χ2v) is 7.58. The van der Waals surface area contributed by atoms with E-state index in [0.29, 0.717) is 17.1 Å². The van der Waals surface area contributed by atoms with Gasteiger partial charge in [-0.05, 0) is 37.6 Å². The van der Waals surface area contributed by atoms with E-state index in [-0.39, 0.29) is 6.42 Å². The molecule has 2 N–H and O–H groups in total. The highest BCUT2D eigenvalue weighted by Gasteiger charge is 2.28. The maximum atomic E-state index is 12.6. The number of H-pyrrole nitrogens is 1. The second kappa shape index (κ2) is 8.99. The SMILES string of the molecule is COc1cc(OC)cc(C(C)(C)OC(=O)NC(Cc2c[nH]c3ccccc23)C(=O)[O-])c1. The van der Waals surface area contributed by atoms with E-state index in [1.807, 2.05) is 24.3 Å². The van der Waals surface area contributed by atoms with Crippen LogP contribution in [0.25, 0.3) is 10.9 Å². The van der Waals surface area contributed by atoms with E-state index in [1.165, 1.54) is 14.2 Å². The lowest BCUT2D eigenvalue weighted by Gasteiger charge is -2.28. The molecule has 1 atom stereocenters. The molecule has 0 fully saturated rings. The summed E-state index contributed by atoms with van der Waals surface area (Å²) in [5.41, 5.74) is 1.18. The van der Waals surface area contributed by atoms with E-state index in [0.717, 1.165) is 16.5 Å². The molecule has 0 spiro atoms. The smallest absolute Gasteiger partial charge is 0.408 e. The molecule has 0 bridgehead atoms. The summed E-state index contributed by atoms with van der Waals surface area (Å²) in [6, 6.07) is 11.4. The molecule has 0 aliphatic heterocycles. The number of fused-ring (bicyclic) bond motifs is 1. The fourth-order valence-corrected chi connectivity index (χ4v) is 3.33. The Morgan fingerprint density at radius 2 is 1.74 bits per heavy atom. The summed E-state index contributed by atoms with van der Waals surface area (Å²) in [5.74, 6) is -0.320. The molecule has 0 aliphatic rings. The molecule has 8 nitrogen and oxygen atoms in total. The van der Waals surface area contributed by atoms with Crippen molar-refractivity contribution in [3.8, 4) is 11.5 Å². The number of ether oxygens (including phenoxy) is 3. The summed E-state index contributed by atoms with van der Waals surface area (Å²) in [6.07, 6.45) is 0.899. The van der Waals surface area contributed by atoms with Crippen molar-refractivity contribution >= 4 is 23.0 Å². The minimum Gasteiger partial charge on any atom is -0.548 e. The molecule has 1 heterocycles. The van der Waals surface area contributed by atoms with Gasteiger partial charge in [-0.3, -0.25) is 0 Å². The number of aliphatic carboxylic acids is 1. The van der Waals surface area contributed by atoms with Crippen LogP contribution in [0.15, 0.2) is 48.7 Å². The zero-order valence-corrected chi connectivity index (χ0v) is 17.9. The number of amides is 1. The van der Waals surface area contributed by atoms with Crippen molar-refractivity contribution in [3.05, 3.63) is 59.8 Å². The summed E-state index contributed by atoms with van der Waals surface area (Å²) in [7, 11) is 3.04. The monoisotopic (exact) mass is 425 g/mol. The first-order valence-corrected chi connectivity index (χ1v) is 9.72. The maximum Gasteiger partial charge on any atom is 0.408 e. The predicted octanol–water partition coefficient (Wildman–Crippen LogP) is 2.51. The minimum atomic E-state index is -1.40. The molecular weight excluding hydrogens is 400 g/mol. The first kappa shape index (κ1) is 22.0. The average molecular weight is 425 g/mol. The lowest BCUT2D eigenvalue weighted by molar-refractivity contribution is -0.308. The fourth-order valence-electron chi connectivity index (χ4n) is 3.33. The van der Waals surface area contributed by atoms with E-state index >= 15 is 0 Å². The van der Waals surface area contributed by atoms with Crippen molar-refractivity contribution < 1.29 is 28.9 Å². The number of nitrogens with one attached hydrogen (secondary N) is 2. The summed E-state index contributed by atoms with van der Waals surface area (Å²) in [6.45, 7) is 3.38. The summed E-state index contributed by atoms with van der Waals surface area (Å²) in [5, 5.41) is 15.0. The third kappa shape index (κ3) is 5.09. The summed E-state index contributed by atoms with van der Waals surface area (Å²) >= 11 is 0. The quantitative estimate of drug-likeness (QED) is 0.573. The molecule has 8 heteroatoms. The molecule has 0 radical (unpaired) electrons. The van der Waals surface area contributed by atoms with Crippen LogP contribution < -0.4 is 19.9 Å². The van der Waals surface area contributed by atoms with Gasteiger partial charge in [-0.25, -0.2) is 4.79 Å². The molecule has 2 aromatic carbocycles. The Labute approximate surface area is 180 Å². The number of para-hydroxylation sites is 1. The molecule has 1 amide bonds. The number of hydrogen-bond donors (Lipinski definition) is 2. The molecule has 164 valence electrons. The van der Waals surface area contributed by atoms with Gasteiger partial charge in [0.25, 0.3) is 0 Å². The first-order chi connectivity index (χ1) is 14.7. The van der Waals surface area contributed by atoms with Gasteiger partial charge < -0.3 is 34.4 Å². The van der Waals surface area contributed by atoms with Crippen molar-refractivity contribution in [1.29, 1.82) is 0 Å². The van der Waals surface area contributed by atoms with E-state index in [2.05, 4.69) is 10.3 Å². The molecule has 1 aromatic heterocycles. The molecule has 3 rings (SSSR count). The largest absolute Gasteiger partial charge is 0.548 e. The normalized spacial score (nSPS) is 12.3. The molecule has 0 aliphatic carbocycles. The topological polar surface area (TPSA) is 113 Å². The van der Waals surface area contributed by atoms with Gasteiger partial charge in [0.1, 0.15) is 17.1 Å². The highest BCUT2D eigenvalue weighted by molar-refractivity contribution is 5.85. The Bertz CT molecular complexity index is 1070. The number of hydrogen-bond acceptors (Lipinski definition) is 6. The molecule has 0 saturated carbocycles. The number of methoxy groups -OCH3 is 2. The third-order valence-electron chi connectivity index (χ3n) is 5.07. The van der Waals surface area contributed by atoms with Gasteiger partial charge in [0, 0.05) is 35.2 Å². The number of carboxylic acids is 1. The third-order valence-corrected chi connectivity index (χ3v) is 5.07. The van der Waals surface area contributed by atoms with Gasteiger partial charge in [0.05, 0.1) is 26.2 Å². The zero-order valence-electron chi connectivity index (χ0n) is 17.9. The highest BCUT2D eigenvalue weighted by atomic mass is 16.6. The Kier molecular flexibility index (Phi) is 6.39. The number of alkyl carbamates (subject to hydrolysis) is 1. The lowest BCUT2D eigenvalue weighted by Crippen LogP contribution is -2.50. The van der Waals surface area contributed by atoms with Crippen molar-refractivity contribution in [2.45, 2.75) is 31.9 Å². The Morgan fingerprint density at radius 3 is 2.35 bits per heavy atom. The van der Waals surface area contributed by atoms with Gasteiger partial charge >= 0.3 is 6.09 Å². The number of carbonyl (C=O) groups is 2. The van der Waals surface area contributed by atoms with Crippen LogP contribution in [0.2, 0.25) is 0 Å². The number of carboxylic acid groups (broad SMARTS) is 1. The molecular formula is C23H25N2O6-. The zero-order chi connectivity index (χ0) is 22.6. The Morgan fingerprint density at radius 1 is 1.10 bits per heavy atom. The van der Waals surface area contributed by atoms with Gasteiger partial charge in [-0.2, -0.15) is 0 Å². The first-order valence-electron chi connectivity index (χ1n) is 9.72. The van der Waals surface area contributed by atoms with E-state index in [4.69, 9.17) is 14.2 Å². The summed E-state index contributed by atoms with van der Waals surface area (Å²) < 4.78 is 16.1. The predicted molar refractivity (Wildman–Crippen MR) is 113 cm³/mol. The van der Waals surface area contributed by atoms with E-state index in [9.17, 15) is 14.7 Å². The number of aromatic amines is 1. The summed E-state index contributed by atoms with van der Waals surface area (Å²) in [4.78, 5) is 27.3. The van der Waals surface area contributed by atoms with Crippen LogP contribution >= 0.6 is 0 Å². The Hall–Kier alpha value is -3.68. The van der Waals surface area contributed by atoms with Crippen molar-refractivity contribution in [3.63, 3.8) is 0 Å². The van der Waals surface area contributed by atoms with E-state index in [1.54, 1.807) is 38.2 Å². The van der Waals surface area contributed by atoms with Gasteiger partial charge in [0.15, 0.2) is 0 Å². The van der Waals surface area contributed by atoms with Crippen LogP contribution in [-0.4, -0.2) is 37.3 Å². The van der Waals surface area contributed by atoms with Crippen molar-refractivity contribution in [2.24, 2.45) is 0 Å². The number of benzene rings is 2. The number of rotatable bonds is 8. The van der Waals surface area contributed by atoms with Gasteiger partial charge in [-0.1, -0.05) is 18.2 Å². The van der Waals surface area contributed by atoms with E-state index < -0.39 is 23.7 Å². The second-order valence-electron chi connectivity index (χ2n) is 7.58. The molecule has 3 aromatic rings. The van der Waals surface area contributed by atoms with Crippen LogP contribution in [0.4, 0.5) is 4.79 Å². The van der Waals surface area contributed by atoms with Gasteiger partial charge in [0.2, 0.25) is 0 Å². The average Bonchev–Trinajstić information content (AvgIpc) is 3.15. The molecule has 1 unspecified atom stereocenters. The Balaban J connectivity index is 1.74. The van der Waals surface area contributed by atoms with Crippen LogP contribution in [-0.2, 0) is 21.6 Å². The molecule has 31 heavy (non-hydrogen) atoms. The molecule has 0 saturated heterocycles. The number of aromatic nitrogens is 1. The van der Waals surface area contributed by atoms with Gasteiger partial charge in [-0.15, -0.1) is 0 Å². The van der Waals surface area contributed by atoms with Crippen molar-refractivity contribution in [1.82, 2.24) is 10.3 Å². The highest BCUT2D eigenvalue weighted by Crippen LogP contribution is 2.32. The lowest BCUT2D eigenvalue weighted by atomic mass is 9.97. The standard InChI is InChI=1S/C23H26N2O6/c1-23(2,15-10-16(29-3)12-17(11-15)30-4)31-22(28)25-20(21(26)27)9-14-13-24-19-8-6-5-7-18(14)19/h5-8,10-13,20,24H,9H2,1-4H3,(H,25,28)(H,26,27)/p-1. The van der Waals surface area contributed by atoms with Crippen LogP contribution in [0, 0.1) is 0 Å². The maximum absolute atomic E-state index is 12.6. The van der Waals surface area contributed by atoms with Crippen LogP contribution in [0.1, 0.15) is 25.0 Å². The minimum absolute atomic E-state index is 0.0505. The van der Waals surface area contributed by atoms with Crippen LogP contribution in [0.5, 0.6) is 11.5 Å². The van der Waals surface area contributed by atoms with Crippen molar-refractivity contribution in [2.75, 3.05) is 14.2 Å². The van der Waals surface area contributed by atoms with Crippen LogP contribution in [0.3, 0.4) is 0 Å².